The Balaban J connectivity index is 3.69. The van der Waals surface area contributed by atoms with Crippen molar-refractivity contribution in [2.75, 3.05) is 27.4 Å². The molecule has 0 spiro atoms. The van der Waals surface area contributed by atoms with Crippen LogP contribution in [0.15, 0.2) is 0 Å². The van der Waals surface area contributed by atoms with Crippen LogP contribution in [0.5, 0.6) is 0 Å². The normalized spacial score (nSPS) is 16.8. The summed E-state index contributed by atoms with van der Waals surface area (Å²) in [6, 6.07) is 0. The molecule has 4 nitrogen and oxygen atoms in total. The molecule has 62 valence electrons. The van der Waals surface area contributed by atoms with Crippen LogP contribution in [0.2, 0.25) is 0 Å². The van der Waals surface area contributed by atoms with E-state index < -0.39 is 5.97 Å². The van der Waals surface area contributed by atoms with Gasteiger partial charge in [0.25, 0.3) is 0 Å². The highest BCUT2D eigenvalue weighted by Gasteiger charge is 2.26. The van der Waals surface area contributed by atoms with Crippen LogP contribution >= 0.6 is 0 Å². The van der Waals surface area contributed by atoms with Gasteiger partial charge >= 0.3 is 5.97 Å². The summed E-state index contributed by atoms with van der Waals surface area (Å²) in [6.45, 7) is 2.16. The lowest BCUT2D eigenvalue weighted by molar-refractivity contribution is -0.363. The lowest BCUT2D eigenvalue weighted by Crippen LogP contribution is -2.39. The first-order valence-electron chi connectivity index (χ1n) is 3.09. The molecule has 0 rings (SSSR count). The molecule has 0 aromatic heterocycles. The number of ether oxygens (including phenoxy) is 3. The highest BCUT2D eigenvalue weighted by atomic mass is 16.8. The largest absolute Gasteiger partial charge is 0.376 e. The summed E-state index contributed by atoms with van der Waals surface area (Å²) in [5.41, 5.74) is 0. The van der Waals surface area contributed by atoms with Gasteiger partial charge in [-0.25, -0.2) is 0 Å². The first-order valence-corrected chi connectivity index (χ1v) is 3.09. The maximum atomic E-state index is 9.25. The number of hydrogen-bond donors (Lipinski definition) is 1. The Labute approximate surface area is 60.7 Å². The second kappa shape index (κ2) is 4.62. The average molecular weight is 150 g/mol. The molecule has 0 aromatic rings. The Bertz CT molecular complexity index is 77.8. The van der Waals surface area contributed by atoms with Gasteiger partial charge in [-0.1, -0.05) is 0 Å². The van der Waals surface area contributed by atoms with E-state index in [2.05, 4.69) is 9.47 Å². The van der Waals surface area contributed by atoms with E-state index in [0.29, 0.717) is 6.61 Å². The molecule has 4 heteroatoms. The third-order valence-corrected chi connectivity index (χ3v) is 1.02. The Hall–Kier alpha value is -0.160. The molecule has 0 aliphatic carbocycles. The molecule has 0 saturated carbocycles. The topological polar surface area (TPSA) is 47.9 Å². The van der Waals surface area contributed by atoms with Crippen molar-refractivity contribution in [2.45, 2.75) is 12.9 Å². The fourth-order valence-corrected chi connectivity index (χ4v) is 0.567. The number of methoxy groups -OCH3 is 2. The predicted molar refractivity (Wildman–Crippen MR) is 35.5 cm³/mol. The van der Waals surface area contributed by atoms with E-state index in [9.17, 15) is 5.11 Å². The van der Waals surface area contributed by atoms with Crippen LogP contribution < -0.4 is 0 Å². The van der Waals surface area contributed by atoms with Gasteiger partial charge in [0, 0.05) is 20.8 Å². The summed E-state index contributed by atoms with van der Waals surface area (Å²) in [4.78, 5) is 0. The third-order valence-electron chi connectivity index (χ3n) is 1.02. The third kappa shape index (κ3) is 3.12. The second-order valence-corrected chi connectivity index (χ2v) is 1.78. The van der Waals surface area contributed by atoms with Gasteiger partial charge in [0.1, 0.15) is 6.61 Å². The molecule has 0 radical (unpaired) electrons. The molecule has 0 aliphatic heterocycles. The molecular formula is C6H14O4. The summed E-state index contributed by atoms with van der Waals surface area (Å²) in [6.07, 6.45) is 0. The van der Waals surface area contributed by atoms with Crippen LogP contribution in [-0.2, 0) is 14.2 Å². The summed E-state index contributed by atoms with van der Waals surface area (Å²) in [5, 5.41) is 9.25. The van der Waals surface area contributed by atoms with Gasteiger partial charge in [-0.05, 0) is 6.92 Å². The van der Waals surface area contributed by atoms with Crippen molar-refractivity contribution in [2.24, 2.45) is 0 Å². The first-order chi connectivity index (χ1) is 4.68. The van der Waals surface area contributed by atoms with Gasteiger partial charge in [0.05, 0.1) is 0 Å². The molecule has 1 unspecified atom stereocenters. The lowest BCUT2D eigenvalue weighted by atomic mass is 10.6. The number of aliphatic hydroxyl groups is 1. The quantitative estimate of drug-likeness (QED) is 0.559. The minimum absolute atomic E-state index is 0.0112. The highest BCUT2D eigenvalue weighted by Crippen LogP contribution is 2.06. The zero-order chi connectivity index (χ0) is 8.04. The van der Waals surface area contributed by atoms with Crippen LogP contribution in [0.1, 0.15) is 6.92 Å². The van der Waals surface area contributed by atoms with Gasteiger partial charge in [0.15, 0.2) is 0 Å². The Morgan fingerprint density at radius 3 is 2.30 bits per heavy atom. The van der Waals surface area contributed by atoms with Gasteiger partial charge in [-0.15, -0.1) is 0 Å². The zero-order valence-corrected chi connectivity index (χ0v) is 6.59. The molecule has 0 amide bonds. The molecule has 10 heavy (non-hydrogen) atoms. The van der Waals surface area contributed by atoms with E-state index >= 15 is 0 Å². The summed E-state index contributed by atoms with van der Waals surface area (Å²) in [7, 11) is 2.82. The van der Waals surface area contributed by atoms with Gasteiger partial charge in [-0.2, -0.15) is 0 Å². The van der Waals surface area contributed by atoms with E-state index in [1.54, 1.807) is 6.92 Å². The monoisotopic (exact) mass is 150 g/mol. The van der Waals surface area contributed by atoms with Crippen LogP contribution in [0.4, 0.5) is 0 Å². The Kier molecular flexibility index (Phi) is 4.55. The molecule has 0 aliphatic rings. The Morgan fingerprint density at radius 1 is 1.40 bits per heavy atom. The number of rotatable bonds is 5. The zero-order valence-electron chi connectivity index (χ0n) is 6.59. The molecule has 1 N–H and O–H groups in total. The summed E-state index contributed by atoms with van der Waals surface area (Å²) >= 11 is 0. The SMILES string of the molecule is CCOC(O)(COC)OC. The lowest BCUT2D eigenvalue weighted by Gasteiger charge is -2.24. The van der Waals surface area contributed by atoms with Crippen molar-refractivity contribution in [1.29, 1.82) is 0 Å². The second-order valence-electron chi connectivity index (χ2n) is 1.78. The van der Waals surface area contributed by atoms with Crippen molar-refractivity contribution in [3.05, 3.63) is 0 Å². The van der Waals surface area contributed by atoms with Crippen molar-refractivity contribution in [3.8, 4) is 0 Å². The van der Waals surface area contributed by atoms with Crippen molar-refractivity contribution in [3.63, 3.8) is 0 Å². The molecule has 0 aromatic carbocycles. The first kappa shape index (κ1) is 9.84. The predicted octanol–water partition coefficient (Wildman–Crippen LogP) is -0.0382. The van der Waals surface area contributed by atoms with Crippen molar-refractivity contribution < 1.29 is 19.3 Å². The summed E-state index contributed by atoms with van der Waals surface area (Å²) < 4.78 is 14.1. The van der Waals surface area contributed by atoms with Crippen molar-refractivity contribution in [1.82, 2.24) is 0 Å². The summed E-state index contributed by atoms with van der Waals surface area (Å²) in [5.74, 6) is -1.58. The van der Waals surface area contributed by atoms with E-state index in [1.807, 2.05) is 0 Å². The molecule has 0 bridgehead atoms. The van der Waals surface area contributed by atoms with Crippen LogP contribution in [0, 0.1) is 0 Å². The molecular weight excluding hydrogens is 136 g/mol. The number of hydrogen-bond acceptors (Lipinski definition) is 4. The van der Waals surface area contributed by atoms with E-state index in [4.69, 9.17) is 4.74 Å². The molecule has 0 fully saturated rings. The van der Waals surface area contributed by atoms with Crippen molar-refractivity contribution >= 4 is 0 Å². The molecule has 0 heterocycles. The maximum Gasteiger partial charge on any atom is 0.305 e. The molecule has 0 saturated heterocycles. The van der Waals surface area contributed by atoms with Crippen LogP contribution in [0.25, 0.3) is 0 Å². The molecule has 1 atom stereocenters. The fraction of sp³-hybridized carbons (Fsp3) is 1.00. The van der Waals surface area contributed by atoms with Gasteiger partial charge in [0.2, 0.25) is 0 Å². The van der Waals surface area contributed by atoms with Gasteiger partial charge in [-0.3, -0.25) is 0 Å². The Morgan fingerprint density at radius 2 is 2.00 bits per heavy atom. The minimum Gasteiger partial charge on any atom is -0.376 e. The fourth-order valence-electron chi connectivity index (χ4n) is 0.567. The van der Waals surface area contributed by atoms with E-state index in [-0.39, 0.29) is 6.61 Å². The van der Waals surface area contributed by atoms with E-state index in [0.717, 1.165) is 0 Å². The van der Waals surface area contributed by atoms with Gasteiger partial charge < -0.3 is 19.3 Å². The smallest absolute Gasteiger partial charge is 0.305 e. The van der Waals surface area contributed by atoms with Crippen LogP contribution in [-0.4, -0.2) is 38.5 Å². The standard InChI is InChI=1S/C6H14O4/c1-4-10-6(7,9-3)5-8-2/h7H,4-5H2,1-3H3. The minimum atomic E-state index is -1.58. The highest BCUT2D eigenvalue weighted by molar-refractivity contribution is 4.48. The van der Waals surface area contributed by atoms with E-state index in [1.165, 1.54) is 14.2 Å². The maximum absolute atomic E-state index is 9.25. The average Bonchev–Trinajstić information content (AvgIpc) is 1.89. The van der Waals surface area contributed by atoms with Crippen LogP contribution in [0.3, 0.4) is 0 Å².